The van der Waals surface area contributed by atoms with Gasteiger partial charge in [0, 0.05) is 13.3 Å². The summed E-state index contributed by atoms with van der Waals surface area (Å²) in [7, 11) is 0. The lowest BCUT2D eigenvalue weighted by atomic mass is 9.70. The highest BCUT2D eigenvalue weighted by atomic mass is 16.7. The van der Waals surface area contributed by atoms with Crippen molar-refractivity contribution in [2.75, 3.05) is 0 Å². The average Bonchev–Trinajstić information content (AvgIpc) is 3.72. The predicted octanol–water partition coefficient (Wildman–Crippen LogP) is 5.84. The molecular weight excluding hydrogens is 536 g/mol. The van der Waals surface area contributed by atoms with Crippen LogP contribution >= 0.6 is 0 Å². The first-order valence-corrected chi connectivity index (χ1v) is 16.6. The number of rotatable bonds is 7. The fourth-order valence-corrected chi connectivity index (χ4v) is 10.7. The van der Waals surface area contributed by atoms with E-state index >= 15 is 0 Å². The second kappa shape index (κ2) is 10.8. The van der Waals surface area contributed by atoms with Crippen molar-refractivity contribution in [3.63, 3.8) is 0 Å². The zero-order valence-electron chi connectivity index (χ0n) is 26.3. The van der Waals surface area contributed by atoms with Crippen LogP contribution in [0, 0.1) is 65.1 Å². The molecule has 7 aliphatic rings. The zero-order chi connectivity index (χ0) is 30.1. The molecule has 0 amide bonds. The summed E-state index contributed by atoms with van der Waals surface area (Å²) < 4.78 is 22.5. The molecular formula is C34H50O8. The van der Waals surface area contributed by atoms with Crippen molar-refractivity contribution >= 4 is 23.9 Å². The third kappa shape index (κ3) is 5.27. The van der Waals surface area contributed by atoms with Crippen LogP contribution in [0.25, 0.3) is 0 Å². The van der Waals surface area contributed by atoms with Crippen LogP contribution in [0.1, 0.15) is 106 Å². The summed E-state index contributed by atoms with van der Waals surface area (Å²) in [4.78, 5) is 48.7. The van der Waals surface area contributed by atoms with Crippen molar-refractivity contribution in [1.29, 1.82) is 0 Å². The van der Waals surface area contributed by atoms with Gasteiger partial charge in [-0.05, 0) is 120 Å². The van der Waals surface area contributed by atoms with Gasteiger partial charge in [0.25, 0.3) is 5.79 Å². The molecule has 0 N–H and O–H groups in total. The Bertz CT molecular complexity index is 1110. The molecule has 0 aromatic carbocycles. The van der Waals surface area contributed by atoms with Gasteiger partial charge >= 0.3 is 23.9 Å². The number of hydrogen-bond acceptors (Lipinski definition) is 8. The van der Waals surface area contributed by atoms with Gasteiger partial charge in [0.05, 0.1) is 23.7 Å². The third-order valence-corrected chi connectivity index (χ3v) is 11.9. The summed E-state index contributed by atoms with van der Waals surface area (Å²) in [6.07, 6.45) is 10.0. The molecule has 0 aromatic heterocycles. The van der Waals surface area contributed by atoms with E-state index in [9.17, 15) is 19.2 Å². The molecule has 0 spiro atoms. The van der Waals surface area contributed by atoms with Crippen LogP contribution in [0.2, 0.25) is 0 Å². The van der Waals surface area contributed by atoms with Crippen molar-refractivity contribution in [1.82, 2.24) is 0 Å². The standard InChI is InChI=1S/C28H38O6.C6H12O2/c1-3-15(26(30)33-28-12-14-7-19(21(28)8-14)27(31)34-28)6-13(2)25(29)32-22-11-18-10-20(22)24-17-5-4-16(9-17)23(18)24;1-5(7)8-6(2,3)4/h13-24H,3-12H2,1-2H3;1-4H3. The monoisotopic (exact) mass is 586 g/mol. The Morgan fingerprint density at radius 3 is 2.31 bits per heavy atom. The summed E-state index contributed by atoms with van der Waals surface area (Å²) in [6, 6.07) is 0. The van der Waals surface area contributed by atoms with E-state index in [1.54, 1.807) is 0 Å². The van der Waals surface area contributed by atoms with E-state index in [1.807, 2.05) is 34.6 Å². The minimum absolute atomic E-state index is 0.0151. The average molecular weight is 587 g/mol. The number of carbonyl (C=O) groups is 4. The lowest BCUT2D eigenvalue weighted by molar-refractivity contribution is -0.226. The van der Waals surface area contributed by atoms with Crippen molar-refractivity contribution in [2.24, 2.45) is 65.1 Å². The molecule has 8 nitrogen and oxygen atoms in total. The van der Waals surface area contributed by atoms with Gasteiger partial charge in [-0.3, -0.25) is 19.2 Å². The summed E-state index contributed by atoms with van der Waals surface area (Å²) in [5.74, 6) is 2.49. The van der Waals surface area contributed by atoms with Crippen LogP contribution in [-0.2, 0) is 38.1 Å². The Labute approximate surface area is 250 Å². The zero-order valence-corrected chi connectivity index (χ0v) is 26.3. The Kier molecular flexibility index (Phi) is 7.69. The molecule has 8 heteroatoms. The van der Waals surface area contributed by atoms with Gasteiger partial charge in [-0.2, -0.15) is 0 Å². The van der Waals surface area contributed by atoms with E-state index in [-0.39, 0.29) is 59.3 Å². The summed E-state index contributed by atoms with van der Waals surface area (Å²) in [5, 5.41) is 0. The van der Waals surface area contributed by atoms with Crippen molar-refractivity contribution in [2.45, 2.75) is 123 Å². The van der Waals surface area contributed by atoms with E-state index in [0.717, 1.165) is 48.9 Å². The van der Waals surface area contributed by atoms with E-state index in [1.165, 1.54) is 32.6 Å². The van der Waals surface area contributed by atoms with Gasteiger partial charge in [0.2, 0.25) is 0 Å². The normalized spacial score (nSPS) is 42.9. The van der Waals surface area contributed by atoms with Crippen LogP contribution < -0.4 is 0 Å². The van der Waals surface area contributed by atoms with E-state index in [0.29, 0.717) is 31.1 Å². The van der Waals surface area contributed by atoms with Crippen LogP contribution in [0.5, 0.6) is 0 Å². The molecule has 1 saturated heterocycles. The maximum absolute atomic E-state index is 13.1. The molecule has 0 radical (unpaired) electrons. The van der Waals surface area contributed by atoms with Gasteiger partial charge in [0.15, 0.2) is 0 Å². The molecule has 0 aromatic rings. The van der Waals surface area contributed by atoms with Gasteiger partial charge in [-0.15, -0.1) is 0 Å². The molecule has 42 heavy (non-hydrogen) atoms. The molecule has 6 saturated carbocycles. The number of ether oxygens (including phenoxy) is 4. The largest absolute Gasteiger partial charge is 0.462 e. The molecule has 1 heterocycles. The maximum atomic E-state index is 13.1. The van der Waals surface area contributed by atoms with Gasteiger partial charge < -0.3 is 18.9 Å². The smallest absolute Gasteiger partial charge is 0.312 e. The van der Waals surface area contributed by atoms with Crippen LogP contribution in [-0.4, -0.2) is 41.4 Å². The molecule has 13 atom stereocenters. The molecule has 7 fully saturated rings. The number of esters is 4. The lowest BCUT2D eigenvalue weighted by Gasteiger charge is -2.38. The summed E-state index contributed by atoms with van der Waals surface area (Å²) in [6.45, 7) is 10.8. The number of carbonyl (C=O) groups excluding carboxylic acids is 4. The first-order valence-electron chi connectivity index (χ1n) is 16.6. The Morgan fingerprint density at radius 1 is 0.976 bits per heavy atom. The molecule has 6 bridgehead atoms. The maximum Gasteiger partial charge on any atom is 0.312 e. The van der Waals surface area contributed by atoms with Gasteiger partial charge in [0.1, 0.15) is 11.7 Å². The first kappa shape index (κ1) is 29.9. The van der Waals surface area contributed by atoms with E-state index in [4.69, 9.17) is 18.9 Å². The number of fused-ring (bicyclic) bond motifs is 10. The molecule has 234 valence electrons. The Balaban J connectivity index is 0.000000350. The van der Waals surface area contributed by atoms with Gasteiger partial charge in [-0.1, -0.05) is 13.8 Å². The summed E-state index contributed by atoms with van der Waals surface area (Å²) in [5.41, 5.74) is -0.328. The number of hydrogen-bond donors (Lipinski definition) is 0. The fraction of sp³-hybridized carbons (Fsp3) is 0.882. The molecule has 1 aliphatic heterocycles. The topological polar surface area (TPSA) is 105 Å². The minimum Gasteiger partial charge on any atom is -0.462 e. The second-order valence-electron chi connectivity index (χ2n) is 15.7. The lowest BCUT2D eigenvalue weighted by Crippen LogP contribution is -2.41. The minimum atomic E-state index is -1.04. The van der Waals surface area contributed by atoms with E-state index < -0.39 is 5.79 Å². The SMILES string of the molecule is CC(=O)OC(C)(C)C.CCC(CC(C)C(=O)OC1CC2CC1C1C3CCC(C3)C21)C(=O)OC12CC3CC(C(=O)O1)C2C3. The van der Waals surface area contributed by atoms with Crippen molar-refractivity contribution in [3.05, 3.63) is 0 Å². The van der Waals surface area contributed by atoms with Crippen molar-refractivity contribution < 1.29 is 38.1 Å². The second-order valence-corrected chi connectivity index (χ2v) is 15.7. The highest BCUT2D eigenvalue weighted by Crippen LogP contribution is 2.68. The fourth-order valence-electron chi connectivity index (χ4n) is 10.7. The van der Waals surface area contributed by atoms with Crippen LogP contribution in [0.4, 0.5) is 0 Å². The third-order valence-electron chi connectivity index (χ3n) is 11.9. The van der Waals surface area contributed by atoms with E-state index in [2.05, 4.69) is 0 Å². The Hall–Kier alpha value is -2.12. The molecule has 7 rings (SSSR count). The molecule has 13 unspecified atom stereocenters. The van der Waals surface area contributed by atoms with Crippen LogP contribution in [0.3, 0.4) is 0 Å². The predicted molar refractivity (Wildman–Crippen MR) is 152 cm³/mol. The van der Waals surface area contributed by atoms with Crippen LogP contribution in [0.15, 0.2) is 0 Å². The Morgan fingerprint density at radius 2 is 1.69 bits per heavy atom. The quantitative estimate of drug-likeness (QED) is 0.208. The first-order chi connectivity index (χ1) is 19.8. The molecule has 6 aliphatic carbocycles. The van der Waals surface area contributed by atoms with Gasteiger partial charge in [-0.25, -0.2) is 0 Å². The van der Waals surface area contributed by atoms with Crippen molar-refractivity contribution in [3.8, 4) is 0 Å². The highest BCUT2D eigenvalue weighted by Gasteiger charge is 2.68. The highest BCUT2D eigenvalue weighted by molar-refractivity contribution is 5.79. The summed E-state index contributed by atoms with van der Waals surface area (Å²) >= 11 is 0.